The fraction of sp³-hybridized carbons (Fsp3) is 0.889. The summed E-state index contributed by atoms with van der Waals surface area (Å²) < 4.78 is 39.8. The van der Waals surface area contributed by atoms with Crippen LogP contribution in [0.1, 0.15) is 33.1 Å². The number of hydrogen-bond donors (Lipinski definition) is 1. The molecule has 1 amide bonds. The molecular weight excluding hydrogens is 211 g/mol. The first-order valence-corrected chi connectivity index (χ1v) is 4.82. The molecular formula is C9H16F3NO2. The van der Waals surface area contributed by atoms with Crippen molar-refractivity contribution >= 4 is 6.09 Å². The number of alkyl carbamates (subject to hydrolysis) is 1. The van der Waals surface area contributed by atoms with Gasteiger partial charge in [0.2, 0.25) is 0 Å². The maximum Gasteiger partial charge on any atom is 0.407 e. The first-order valence-electron chi connectivity index (χ1n) is 4.82. The van der Waals surface area contributed by atoms with Gasteiger partial charge in [0.05, 0.1) is 6.10 Å². The van der Waals surface area contributed by atoms with Crippen molar-refractivity contribution < 1.29 is 22.7 Å². The molecule has 0 aromatic rings. The number of halogens is 3. The second kappa shape index (κ2) is 6.53. The summed E-state index contributed by atoms with van der Waals surface area (Å²) in [5.74, 6) is 0. The number of amides is 1. The van der Waals surface area contributed by atoms with Crippen LogP contribution in [0.3, 0.4) is 0 Å². The number of ether oxygens (including phenoxy) is 1. The van der Waals surface area contributed by atoms with E-state index in [9.17, 15) is 18.0 Å². The molecule has 0 aromatic carbocycles. The lowest BCUT2D eigenvalue weighted by Gasteiger charge is -2.09. The third-order valence-electron chi connectivity index (χ3n) is 1.50. The quantitative estimate of drug-likeness (QED) is 0.733. The Morgan fingerprint density at radius 3 is 2.40 bits per heavy atom. The van der Waals surface area contributed by atoms with Gasteiger partial charge in [-0.25, -0.2) is 4.79 Å². The maximum atomic E-state index is 11.7. The van der Waals surface area contributed by atoms with Gasteiger partial charge in [0, 0.05) is 13.0 Å². The Kier molecular flexibility index (Phi) is 6.12. The molecule has 0 fully saturated rings. The number of alkyl halides is 3. The minimum absolute atomic E-state index is 0.0193. The molecule has 0 radical (unpaired) electrons. The highest BCUT2D eigenvalue weighted by Crippen LogP contribution is 2.21. The summed E-state index contributed by atoms with van der Waals surface area (Å²) in [5, 5.41) is 2.37. The highest BCUT2D eigenvalue weighted by atomic mass is 19.4. The van der Waals surface area contributed by atoms with Gasteiger partial charge in [0.1, 0.15) is 0 Å². The maximum absolute atomic E-state index is 11.7. The van der Waals surface area contributed by atoms with Crippen LogP contribution >= 0.6 is 0 Å². The smallest absolute Gasteiger partial charge is 0.407 e. The van der Waals surface area contributed by atoms with Gasteiger partial charge >= 0.3 is 12.3 Å². The van der Waals surface area contributed by atoms with Crippen molar-refractivity contribution in [2.24, 2.45) is 0 Å². The molecule has 0 rings (SSSR count). The zero-order chi connectivity index (χ0) is 11.9. The molecule has 0 aliphatic carbocycles. The van der Waals surface area contributed by atoms with Crippen LogP contribution in [0, 0.1) is 0 Å². The molecule has 0 heterocycles. The van der Waals surface area contributed by atoms with Crippen molar-refractivity contribution in [3.63, 3.8) is 0 Å². The van der Waals surface area contributed by atoms with E-state index in [1.807, 2.05) is 0 Å². The number of unbranched alkanes of at least 4 members (excludes halogenated alkanes) is 1. The minimum atomic E-state index is -4.11. The van der Waals surface area contributed by atoms with E-state index in [0.717, 1.165) is 0 Å². The highest BCUT2D eigenvalue weighted by molar-refractivity contribution is 5.67. The molecule has 0 atom stereocenters. The number of carbonyl (C=O) groups excluding carboxylic acids is 1. The average Bonchev–Trinajstić information content (AvgIpc) is 1.99. The summed E-state index contributed by atoms with van der Waals surface area (Å²) in [6.07, 6.45) is -5.41. The fourth-order valence-electron chi connectivity index (χ4n) is 0.897. The third kappa shape index (κ3) is 11.0. The SMILES string of the molecule is CC(C)OC(=O)NCCCCC(F)(F)F. The van der Waals surface area contributed by atoms with E-state index in [0.29, 0.717) is 6.42 Å². The first kappa shape index (κ1) is 14.1. The zero-order valence-corrected chi connectivity index (χ0v) is 8.86. The lowest BCUT2D eigenvalue weighted by Crippen LogP contribution is -2.27. The average molecular weight is 227 g/mol. The van der Waals surface area contributed by atoms with Crippen molar-refractivity contribution in [1.82, 2.24) is 5.32 Å². The molecule has 0 spiro atoms. The van der Waals surface area contributed by atoms with Gasteiger partial charge in [0.15, 0.2) is 0 Å². The van der Waals surface area contributed by atoms with E-state index in [1.54, 1.807) is 13.8 Å². The van der Waals surface area contributed by atoms with Crippen molar-refractivity contribution in [2.75, 3.05) is 6.54 Å². The van der Waals surface area contributed by atoms with E-state index in [4.69, 9.17) is 4.74 Å². The molecule has 15 heavy (non-hydrogen) atoms. The Labute approximate surface area is 87.0 Å². The van der Waals surface area contributed by atoms with Gasteiger partial charge in [-0.05, 0) is 26.7 Å². The summed E-state index contributed by atoms with van der Waals surface area (Å²) >= 11 is 0. The van der Waals surface area contributed by atoms with Crippen LogP contribution in [0.4, 0.5) is 18.0 Å². The molecule has 0 bridgehead atoms. The molecule has 90 valence electrons. The number of nitrogens with one attached hydrogen (secondary N) is 1. The standard InChI is InChI=1S/C9H16F3NO2/c1-7(2)15-8(14)13-6-4-3-5-9(10,11)12/h7H,3-6H2,1-2H3,(H,13,14). The topological polar surface area (TPSA) is 38.3 Å². The predicted octanol–water partition coefficient (Wildman–Crippen LogP) is 2.85. The largest absolute Gasteiger partial charge is 0.447 e. The summed E-state index contributed by atoms with van der Waals surface area (Å²) in [6, 6.07) is 0. The van der Waals surface area contributed by atoms with Crippen LogP contribution in [0.5, 0.6) is 0 Å². The number of rotatable bonds is 5. The molecule has 3 nitrogen and oxygen atoms in total. The van der Waals surface area contributed by atoms with E-state index in [2.05, 4.69) is 5.32 Å². The van der Waals surface area contributed by atoms with Crippen molar-refractivity contribution in [3.05, 3.63) is 0 Å². The van der Waals surface area contributed by atoms with Crippen LogP contribution in [-0.2, 0) is 4.74 Å². The van der Waals surface area contributed by atoms with E-state index in [-0.39, 0.29) is 19.1 Å². The van der Waals surface area contributed by atoms with Gasteiger partial charge in [-0.3, -0.25) is 0 Å². The van der Waals surface area contributed by atoms with Gasteiger partial charge in [-0.2, -0.15) is 13.2 Å². The van der Waals surface area contributed by atoms with Crippen LogP contribution in [0.25, 0.3) is 0 Å². The number of carbonyl (C=O) groups is 1. The number of hydrogen-bond acceptors (Lipinski definition) is 2. The molecule has 0 aliphatic rings. The normalized spacial score (nSPS) is 11.6. The van der Waals surface area contributed by atoms with Gasteiger partial charge in [0.25, 0.3) is 0 Å². The Bertz CT molecular complexity index is 192. The Morgan fingerprint density at radius 2 is 1.93 bits per heavy atom. The monoisotopic (exact) mass is 227 g/mol. The molecule has 0 aliphatic heterocycles. The van der Waals surface area contributed by atoms with Crippen molar-refractivity contribution in [3.8, 4) is 0 Å². The highest BCUT2D eigenvalue weighted by Gasteiger charge is 2.25. The Hall–Kier alpha value is -0.940. The summed E-state index contributed by atoms with van der Waals surface area (Å²) in [6.45, 7) is 3.61. The second-order valence-corrected chi connectivity index (χ2v) is 3.45. The van der Waals surface area contributed by atoms with Crippen molar-refractivity contribution in [2.45, 2.75) is 45.4 Å². The second-order valence-electron chi connectivity index (χ2n) is 3.45. The molecule has 0 saturated carbocycles. The summed E-state index contributed by atoms with van der Waals surface area (Å²) in [4.78, 5) is 10.9. The lowest BCUT2D eigenvalue weighted by molar-refractivity contribution is -0.135. The Morgan fingerprint density at radius 1 is 1.33 bits per heavy atom. The van der Waals surface area contributed by atoms with E-state index in [1.165, 1.54) is 0 Å². The molecule has 0 unspecified atom stereocenters. The van der Waals surface area contributed by atoms with Crippen LogP contribution in [0.15, 0.2) is 0 Å². The molecule has 0 saturated heterocycles. The van der Waals surface area contributed by atoms with Gasteiger partial charge < -0.3 is 10.1 Å². The van der Waals surface area contributed by atoms with Crippen molar-refractivity contribution in [1.29, 1.82) is 0 Å². The zero-order valence-electron chi connectivity index (χ0n) is 8.86. The molecule has 0 aromatic heterocycles. The third-order valence-corrected chi connectivity index (χ3v) is 1.50. The van der Waals surface area contributed by atoms with Gasteiger partial charge in [-0.15, -0.1) is 0 Å². The van der Waals surface area contributed by atoms with Crippen LogP contribution < -0.4 is 5.32 Å². The summed E-state index contributed by atoms with van der Waals surface area (Å²) in [7, 11) is 0. The minimum Gasteiger partial charge on any atom is -0.447 e. The molecule has 6 heteroatoms. The van der Waals surface area contributed by atoms with E-state index < -0.39 is 18.7 Å². The van der Waals surface area contributed by atoms with Gasteiger partial charge in [-0.1, -0.05) is 0 Å². The first-order chi connectivity index (χ1) is 6.81. The fourth-order valence-corrected chi connectivity index (χ4v) is 0.897. The molecule has 1 N–H and O–H groups in total. The Balaban J connectivity index is 3.35. The van der Waals surface area contributed by atoms with E-state index >= 15 is 0 Å². The van der Waals surface area contributed by atoms with Crippen LogP contribution in [0.2, 0.25) is 0 Å². The lowest BCUT2D eigenvalue weighted by atomic mass is 10.2. The van der Waals surface area contributed by atoms with Crippen LogP contribution in [-0.4, -0.2) is 24.9 Å². The predicted molar refractivity (Wildman–Crippen MR) is 49.5 cm³/mol. The summed E-state index contributed by atoms with van der Waals surface area (Å²) in [5.41, 5.74) is 0.